The molecule has 1 aliphatic heterocycles. The van der Waals surface area contributed by atoms with Crippen molar-refractivity contribution >= 4 is 0 Å². The number of hydrogen-bond acceptors (Lipinski definition) is 5. The van der Waals surface area contributed by atoms with E-state index >= 15 is 0 Å². The molecule has 4 atom stereocenters. The van der Waals surface area contributed by atoms with E-state index in [0.29, 0.717) is 0 Å². The number of ether oxygens (including phenoxy) is 4. The fraction of sp³-hybridized carbons (Fsp3) is 0.882. The van der Waals surface area contributed by atoms with E-state index in [1.165, 1.54) is 0 Å². The molecule has 1 heterocycles. The van der Waals surface area contributed by atoms with Gasteiger partial charge >= 0.3 is 0 Å². The number of aliphatic hydroxyl groups is 1. The second-order valence-corrected chi connectivity index (χ2v) is 6.65. The third-order valence-electron chi connectivity index (χ3n) is 4.82. The maximum Gasteiger partial charge on any atom is 0.177 e. The number of hydrogen-bond donors (Lipinski definition) is 1. The van der Waals surface area contributed by atoms with Crippen molar-refractivity contribution in [2.75, 3.05) is 20.5 Å². The summed E-state index contributed by atoms with van der Waals surface area (Å²) in [6, 6.07) is 0. The SMILES string of the molecule is C=CC[C@]12C[C@@H](CO)O[C@@]1(OC(C)C)CCC[C@@H]2OCOC. The highest BCUT2D eigenvalue weighted by molar-refractivity contribution is 5.10. The lowest BCUT2D eigenvalue weighted by molar-refractivity contribution is -0.323. The second kappa shape index (κ2) is 7.41. The van der Waals surface area contributed by atoms with E-state index in [1.54, 1.807) is 7.11 Å². The van der Waals surface area contributed by atoms with Crippen molar-refractivity contribution in [2.45, 2.75) is 70.1 Å². The average molecular weight is 314 g/mol. The van der Waals surface area contributed by atoms with Gasteiger partial charge < -0.3 is 24.1 Å². The van der Waals surface area contributed by atoms with Crippen molar-refractivity contribution in [3.63, 3.8) is 0 Å². The van der Waals surface area contributed by atoms with Gasteiger partial charge in [-0.2, -0.15) is 0 Å². The molecule has 0 spiro atoms. The molecule has 128 valence electrons. The molecule has 1 saturated heterocycles. The van der Waals surface area contributed by atoms with Crippen LogP contribution in [0.1, 0.15) is 46.0 Å². The molecule has 22 heavy (non-hydrogen) atoms. The summed E-state index contributed by atoms with van der Waals surface area (Å²) in [5.74, 6) is -0.709. The van der Waals surface area contributed by atoms with Crippen LogP contribution in [0.3, 0.4) is 0 Å². The van der Waals surface area contributed by atoms with Gasteiger partial charge in [-0.3, -0.25) is 0 Å². The van der Waals surface area contributed by atoms with Gasteiger partial charge in [-0.1, -0.05) is 6.08 Å². The third kappa shape index (κ3) is 3.10. The molecule has 1 aliphatic carbocycles. The summed E-state index contributed by atoms with van der Waals surface area (Å²) >= 11 is 0. The Morgan fingerprint density at radius 2 is 2.23 bits per heavy atom. The Morgan fingerprint density at radius 1 is 1.45 bits per heavy atom. The molecule has 1 N–H and O–H groups in total. The molecule has 0 radical (unpaired) electrons. The van der Waals surface area contributed by atoms with Gasteiger partial charge in [0.15, 0.2) is 5.79 Å². The van der Waals surface area contributed by atoms with Crippen LogP contribution in [0.2, 0.25) is 0 Å². The molecule has 5 nitrogen and oxygen atoms in total. The van der Waals surface area contributed by atoms with Gasteiger partial charge in [-0.25, -0.2) is 0 Å². The summed E-state index contributed by atoms with van der Waals surface area (Å²) in [5.41, 5.74) is -0.316. The van der Waals surface area contributed by atoms with E-state index in [1.807, 2.05) is 19.9 Å². The summed E-state index contributed by atoms with van der Waals surface area (Å²) < 4.78 is 23.6. The fourth-order valence-electron chi connectivity index (χ4n) is 4.18. The monoisotopic (exact) mass is 314 g/mol. The van der Waals surface area contributed by atoms with Crippen LogP contribution in [0.5, 0.6) is 0 Å². The van der Waals surface area contributed by atoms with Crippen LogP contribution in [0.25, 0.3) is 0 Å². The number of aliphatic hydroxyl groups excluding tert-OH is 1. The van der Waals surface area contributed by atoms with Crippen molar-refractivity contribution in [3.05, 3.63) is 12.7 Å². The van der Waals surface area contributed by atoms with Crippen molar-refractivity contribution in [2.24, 2.45) is 5.41 Å². The lowest BCUT2D eigenvalue weighted by atomic mass is 9.64. The van der Waals surface area contributed by atoms with Gasteiger partial charge in [0.1, 0.15) is 6.79 Å². The molecular formula is C17H30O5. The molecule has 0 aromatic carbocycles. The molecule has 2 fully saturated rings. The van der Waals surface area contributed by atoms with Gasteiger partial charge in [-0.05, 0) is 39.5 Å². The van der Waals surface area contributed by atoms with Gasteiger partial charge in [0.25, 0.3) is 0 Å². The average Bonchev–Trinajstić information content (AvgIpc) is 2.79. The summed E-state index contributed by atoms with van der Waals surface area (Å²) in [5, 5.41) is 9.63. The second-order valence-electron chi connectivity index (χ2n) is 6.65. The normalized spacial score (nSPS) is 38.2. The van der Waals surface area contributed by atoms with E-state index < -0.39 is 5.79 Å². The number of allylic oxidation sites excluding steroid dienone is 1. The Labute approximate surface area is 133 Å². The predicted octanol–water partition coefficient (Wildman–Crippen LogP) is 2.62. The van der Waals surface area contributed by atoms with E-state index in [-0.39, 0.29) is 37.1 Å². The maximum atomic E-state index is 9.63. The minimum atomic E-state index is -0.709. The first-order chi connectivity index (χ1) is 10.5. The van der Waals surface area contributed by atoms with E-state index in [2.05, 4.69) is 6.58 Å². The molecule has 0 unspecified atom stereocenters. The summed E-state index contributed by atoms with van der Waals surface area (Å²) in [6.45, 7) is 8.21. The Balaban J connectivity index is 2.37. The standard InChI is InChI=1S/C17H30O5/c1-5-8-16-10-14(11-18)22-17(16,21-13(2)3)9-6-7-15(16)20-12-19-4/h5,13-15,18H,1,6-12H2,2-4H3/t14-,15-,16+,17-/m0/s1. The van der Waals surface area contributed by atoms with Crippen LogP contribution in [0.4, 0.5) is 0 Å². The summed E-state index contributed by atoms with van der Waals surface area (Å²) in [7, 11) is 1.63. The molecule has 2 rings (SSSR count). The Hall–Kier alpha value is -0.460. The molecule has 0 bridgehead atoms. The smallest absolute Gasteiger partial charge is 0.177 e. The lowest BCUT2D eigenvalue weighted by Crippen LogP contribution is -2.58. The Kier molecular flexibility index (Phi) is 6.02. The van der Waals surface area contributed by atoms with E-state index in [9.17, 15) is 5.11 Å². The molecule has 0 amide bonds. The van der Waals surface area contributed by atoms with Crippen molar-refractivity contribution in [1.29, 1.82) is 0 Å². The number of rotatable bonds is 8. The van der Waals surface area contributed by atoms with Crippen LogP contribution >= 0.6 is 0 Å². The quantitative estimate of drug-likeness (QED) is 0.551. The van der Waals surface area contributed by atoms with Crippen molar-refractivity contribution < 1.29 is 24.1 Å². The molecule has 0 aromatic rings. The zero-order valence-electron chi connectivity index (χ0n) is 14.0. The summed E-state index contributed by atoms with van der Waals surface area (Å²) in [4.78, 5) is 0. The molecule has 0 aromatic heterocycles. The Morgan fingerprint density at radius 3 is 2.82 bits per heavy atom. The van der Waals surface area contributed by atoms with Crippen LogP contribution in [-0.2, 0) is 18.9 Å². The van der Waals surface area contributed by atoms with Crippen molar-refractivity contribution in [3.8, 4) is 0 Å². The lowest BCUT2D eigenvalue weighted by Gasteiger charge is -2.52. The van der Waals surface area contributed by atoms with E-state index in [0.717, 1.165) is 32.1 Å². The summed E-state index contributed by atoms with van der Waals surface area (Å²) in [6.07, 6.45) is 5.92. The molecule has 1 saturated carbocycles. The predicted molar refractivity (Wildman–Crippen MR) is 83.4 cm³/mol. The Bertz CT molecular complexity index is 372. The molecule has 5 heteroatoms. The topological polar surface area (TPSA) is 57.2 Å². The van der Waals surface area contributed by atoms with Crippen LogP contribution in [-0.4, -0.2) is 49.7 Å². The fourth-order valence-corrected chi connectivity index (χ4v) is 4.18. The van der Waals surface area contributed by atoms with Gasteiger partial charge in [0.05, 0.1) is 30.3 Å². The minimum Gasteiger partial charge on any atom is -0.394 e. The highest BCUT2D eigenvalue weighted by Crippen LogP contribution is 2.59. The first-order valence-corrected chi connectivity index (χ1v) is 8.21. The van der Waals surface area contributed by atoms with Gasteiger partial charge in [0, 0.05) is 13.5 Å². The molecular weight excluding hydrogens is 284 g/mol. The van der Waals surface area contributed by atoms with Crippen LogP contribution < -0.4 is 0 Å². The number of fused-ring (bicyclic) bond motifs is 1. The van der Waals surface area contributed by atoms with Gasteiger partial charge in [0.2, 0.25) is 0 Å². The van der Waals surface area contributed by atoms with Gasteiger partial charge in [-0.15, -0.1) is 6.58 Å². The van der Waals surface area contributed by atoms with E-state index in [4.69, 9.17) is 18.9 Å². The zero-order chi connectivity index (χ0) is 16.2. The third-order valence-corrected chi connectivity index (χ3v) is 4.82. The first kappa shape index (κ1) is 17.9. The van der Waals surface area contributed by atoms with Crippen molar-refractivity contribution in [1.82, 2.24) is 0 Å². The maximum absolute atomic E-state index is 9.63. The first-order valence-electron chi connectivity index (χ1n) is 8.21. The zero-order valence-corrected chi connectivity index (χ0v) is 14.0. The number of methoxy groups -OCH3 is 1. The van der Waals surface area contributed by atoms with Crippen LogP contribution in [0.15, 0.2) is 12.7 Å². The highest BCUT2D eigenvalue weighted by Gasteiger charge is 2.65. The van der Waals surface area contributed by atoms with Crippen LogP contribution in [0, 0.1) is 5.41 Å². The molecule has 2 aliphatic rings. The highest BCUT2D eigenvalue weighted by atomic mass is 16.7. The largest absolute Gasteiger partial charge is 0.394 e. The minimum absolute atomic E-state index is 0.000897.